The Morgan fingerprint density at radius 2 is 1.78 bits per heavy atom. The van der Waals surface area contributed by atoms with Crippen LogP contribution in [-0.4, -0.2) is 18.1 Å². The van der Waals surface area contributed by atoms with Crippen molar-refractivity contribution in [2.24, 2.45) is 5.92 Å². The molecular weight excluding hydrogens is 344 g/mol. The van der Waals surface area contributed by atoms with Gasteiger partial charge in [-0.05, 0) is 43.7 Å². The molecule has 3 rings (SSSR count). The maximum absolute atomic E-state index is 12.6. The van der Waals surface area contributed by atoms with Crippen LogP contribution in [0.1, 0.15) is 25.5 Å². The smallest absolute Gasteiger partial charge is 0.319 e. The Kier molecular flexibility index (Phi) is 5.45. The summed E-state index contributed by atoms with van der Waals surface area (Å²) in [5, 5.41) is 5.35. The highest BCUT2D eigenvalue weighted by Gasteiger charge is 2.39. The highest BCUT2D eigenvalue weighted by Crippen LogP contribution is 2.33. The van der Waals surface area contributed by atoms with E-state index >= 15 is 0 Å². The number of carbonyl (C=O) groups is 2. The first-order chi connectivity index (χ1) is 12.9. The van der Waals surface area contributed by atoms with Crippen LogP contribution in [0, 0.1) is 5.92 Å². The van der Waals surface area contributed by atoms with E-state index in [1.165, 1.54) is 0 Å². The molecule has 1 fully saturated rings. The predicted molar refractivity (Wildman–Crippen MR) is 101 cm³/mol. The Hall–Kier alpha value is -3.28. The first-order valence-corrected chi connectivity index (χ1v) is 8.73. The molecule has 0 spiro atoms. The van der Waals surface area contributed by atoms with E-state index in [-0.39, 0.29) is 6.10 Å². The van der Waals surface area contributed by atoms with Gasteiger partial charge in [-0.1, -0.05) is 36.9 Å². The van der Waals surface area contributed by atoms with Crippen LogP contribution >= 0.6 is 0 Å². The molecule has 2 aromatic carbocycles. The van der Waals surface area contributed by atoms with Gasteiger partial charge in [0, 0.05) is 5.70 Å². The number of para-hydroxylation sites is 1. The third-order valence-corrected chi connectivity index (χ3v) is 4.07. The van der Waals surface area contributed by atoms with Crippen molar-refractivity contribution in [2.45, 2.75) is 26.0 Å². The van der Waals surface area contributed by atoms with Gasteiger partial charge in [-0.3, -0.25) is 4.79 Å². The van der Waals surface area contributed by atoms with Gasteiger partial charge in [0.1, 0.15) is 17.4 Å². The van der Waals surface area contributed by atoms with Crippen LogP contribution in [0.3, 0.4) is 0 Å². The van der Waals surface area contributed by atoms with Crippen molar-refractivity contribution in [3.8, 4) is 11.5 Å². The molecule has 2 atom stereocenters. The lowest BCUT2D eigenvalue weighted by atomic mass is 9.89. The molecule has 0 saturated carbocycles. The minimum Gasteiger partial charge on any atom is -0.462 e. The van der Waals surface area contributed by atoms with Crippen LogP contribution in [0.25, 0.3) is 0 Å². The van der Waals surface area contributed by atoms with Crippen molar-refractivity contribution < 1.29 is 19.1 Å². The Morgan fingerprint density at radius 3 is 2.48 bits per heavy atom. The van der Waals surface area contributed by atoms with Gasteiger partial charge in [0.2, 0.25) is 0 Å². The fourth-order valence-corrected chi connectivity index (χ4v) is 2.94. The number of rotatable bonds is 5. The number of ether oxygens (including phenoxy) is 2. The summed E-state index contributed by atoms with van der Waals surface area (Å²) in [5.41, 5.74) is 1.04. The van der Waals surface area contributed by atoms with Crippen molar-refractivity contribution in [1.29, 1.82) is 0 Å². The van der Waals surface area contributed by atoms with Crippen LogP contribution in [0.5, 0.6) is 11.5 Å². The molecule has 6 nitrogen and oxygen atoms in total. The van der Waals surface area contributed by atoms with Crippen molar-refractivity contribution in [2.75, 3.05) is 0 Å². The van der Waals surface area contributed by atoms with Crippen molar-refractivity contribution in [3.63, 3.8) is 0 Å². The molecule has 2 N–H and O–H groups in total. The summed E-state index contributed by atoms with van der Waals surface area (Å²) in [4.78, 5) is 24.5. The van der Waals surface area contributed by atoms with Crippen LogP contribution in [-0.2, 0) is 9.53 Å². The van der Waals surface area contributed by atoms with Gasteiger partial charge in [-0.15, -0.1) is 0 Å². The Balaban J connectivity index is 1.89. The zero-order chi connectivity index (χ0) is 19.4. The number of hydrogen-bond donors (Lipinski definition) is 2. The van der Waals surface area contributed by atoms with E-state index in [9.17, 15) is 9.59 Å². The van der Waals surface area contributed by atoms with Gasteiger partial charge < -0.3 is 20.1 Å². The molecule has 2 unspecified atom stereocenters. The van der Waals surface area contributed by atoms with Crippen LogP contribution in [0.15, 0.2) is 66.9 Å². The average molecular weight is 366 g/mol. The summed E-state index contributed by atoms with van der Waals surface area (Å²) in [5.74, 6) is 0.121. The van der Waals surface area contributed by atoms with Crippen molar-refractivity contribution in [3.05, 3.63) is 72.4 Å². The number of urea groups is 1. The fraction of sp³-hybridized carbons (Fsp3) is 0.238. The monoisotopic (exact) mass is 366 g/mol. The SMILES string of the molecule is C=C1NC(=O)NC(c2cccc(Oc3ccccc3)c2)C1C(=O)OC(C)C. The Morgan fingerprint density at radius 1 is 1.07 bits per heavy atom. The number of amides is 2. The number of hydrogen-bond acceptors (Lipinski definition) is 4. The van der Waals surface area contributed by atoms with Crippen LogP contribution < -0.4 is 15.4 Å². The van der Waals surface area contributed by atoms with E-state index in [1.54, 1.807) is 19.9 Å². The van der Waals surface area contributed by atoms with Gasteiger partial charge in [-0.25, -0.2) is 4.79 Å². The third-order valence-electron chi connectivity index (χ3n) is 4.07. The molecule has 0 bridgehead atoms. The molecule has 1 aliphatic heterocycles. The summed E-state index contributed by atoms with van der Waals surface area (Å²) in [7, 11) is 0. The van der Waals surface area contributed by atoms with E-state index < -0.39 is 24.0 Å². The second-order valence-corrected chi connectivity index (χ2v) is 6.55. The molecule has 2 amide bonds. The average Bonchev–Trinajstić information content (AvgIpc) is 2.61. The largest absolute Gasteiger partial charge is 0.462 e. The molecule has 27 heavy (non-hydrogen) atoms. The van der Waals surface area contributed by atoms with E-state index in [4.69, 9.17) is 9.47 Å². The van der Waals surface area contributed by atoms with Crippen molar-refractivity contribution >= 4 is 12.0 Å². The Bertz CT molecular complexity index is 848. The summed E-state index contributed by atoms with van der Waals surface area (Å²) in [6, 6.07) is 15.6. The molecule has 1 saturated heterocycles. The Labute approximate surface area is 158 Å². The van der Waals surface area contributed by atoms with Crippen molar-refractivity contribution in [1.82, 2.24) is 10.6 Å². The van der Waals surface area contributed by atoms with E-state index in [0.717, 1.165) is 5.56 Å². The van der Waals surface area contributed by atoms with Gasteiger partial charge >= 0.3 is 12.0 Å². The molecule has 0 radical (unpaired) electrons. The number of carbonyl (C=O) groups excluding carboxylic acids is 2. The highest BCUT2D eigenvalue weighted by atomic mass is 16.5. The van der Waals surface area contributed by atoms with Crippen LogP contribution in [0.2, 0.25) is 0 Å². The number of benzene rings is 2. The molecule has 0 aliphatic carbocycles. The van der Waals surface area contributed by atoms with E-state index in [2.05, 4.69) is 17.2 Å². The van der Waals surface area contributed by atoms with E-state index in [0.29, 0.717) is 17.2 Å². The number of esters is 1. The van der Waals surface area contributed by atoms with Gasteiger partial charge in [0.15, 0.2) is 0 Å². The minimum absolute atomic E-state index is 0.267. The zero-order valence-corrected chi connectivity index (χ0v) is 15.3. The second kappa shape index (κ2) is 7.95. The summed E-state index contributed by atoms with van der Waals surface area (Å²) < 4.78 is 11.2. The summed E-state index contributed by atoms with van der Waals surface area (Å²) in [6.45, 7) is 7.39. The van der Waals surface area contributed by atoms with Crippen LogP contribution in [0.4, 0.5) is 4.79 Å². The molecular formula is C21H22N2O4. The molecule has 1 aliphatic rings. The maximum Gasteiger partial charge on any atom is 0.319 e. The quantitative estimate of drug-likeness (QED) is 0.787. The standard InChI is InChI=1S/C21H22N2O4/c1-13(2)26-20(24)18-14(3)22-21(25)23-19(18)15-8-7-11-17(12-15)27-16-9-5-4-6-10-16/h4-13,18-19H,3H2,1-2H3,(H2,22,23,25). The topological polar surface area (TPSA) is 76.7 Å². The molecule has 1 heterocycles. The lowest BCUT2D eigenvalue weighted by molar-refractivity contribution is -0.152. The van der Waals surface area contributed by atoms with E-state index in [1.807, 2.05) is 48.5 Å². The summed E-state index contributed by atoms with van der Waals surface area (Å²) >= 11 is 0. The zero-order valence-electron chi connectivity index (χ0n) is 15.3. The third kappa shape index (κ3) is 4.47. The molecule has 6 heteroatoms. The lowest BCUT2D eigenvalue weighted by Gasteiger charge is -2.33. The minimum atomic E-state index is -0.739. The van der Waals surface area contributed by atoms with Gasteiger partial charge in [-0.2, -0.15) is 0 Å². The second-order valence-electron chi connectivity index (χ2n) is 6.55. The fourth-order valence-electron chi connectivity index (χ4n) is 2.94. The normalized spacial score (nSPS) is 19.2. The lowest BCUT2D eigenvalue weighted by Crippen LogP contribution is -2.51. The maximum atomic E-state index is 12.6. The number of nitrogens with one attached hydrogen (secondary N) is 2. The molecule has 2 aromatic rings. The molecule has 0 aromatic heterocycles. The van der Waals surface area contributed by atoms with Gasteiger partial charge in [0.05, 0.1) is 12.1 Å². The first kappa shape index (κ1) is 18.5. The highest BCUT2D eigenvalue weighted by molar-refractivity contribution is 5.85. The summed E-state index contributed by atoms with van der Waals surface area (Å²) in [6.07, 6.45) is -0.267. The molecule has 140 valence electrons. The predicted octanol–water partition coefficient (Wildman–Crippen LogP) is 3.91. The van der Waals surface area contributed by atoms with Gasteiger partial charge in [0.25, 0.3) is 0 Å². The first-order valence-electron chi connectivity index (χ1n) is 8.73.